The highest BCUT2D eigenvalue weighted by Gasteiger charge is 2.50. The molecule has 1 aromatic carbocycles. The smallest absolute Gasteiger partial charge is 0.267 e. The zero-order chi connectivity index (χ0) is 19.3. The fraction of sp³-hybridized carbons (Fsp3) is 0.522. The summed E-state index contributed by atoms with van der Waals surface area (Å²) in [4.78, 5) is 15.9. The van der Waals surface area contributed by atoms with Crippen molar-refractivity contribution in [2.45, 2.75) is 45.1 Å². The van der Waals surface area contributed by atoms with Gasteiger partial charge in [-0.3, -0.25) is 9.69 Å². The minimum absolute atomic E-state index is 0.0222. The summed E-state index contributed by atoms with van der Waals surface area (Å²) in [6.45, 7) is 5.13. The van der Waals surface area contributed by atoms with E-state index in [0.29, 0.717) is 19.0 Å². The Hall–Kier alpha value is -2.11. The molecule has 1 aromatic heterocycles. The Kier molecular flexibility index (Phi) is 4.33. The summed E-state index contributed by atoms with van der Waals surface area (Å²) in [6.07, 6.45) is 7.29. The minimum atomic E-state index is -0.0222. The average Bonchev–Trinajstić information content (AvgIpc) is 3.07. The molecule has 2 N–H and O–H groups in total. The molecule has 2 aromatic rings. The number of aromatic nitrogens is 1. The number of aliphatic hydroxyl groups is 1. The molecule has 0 radical (unpaired) electrons. The van der Waals surface area contributed by atoms with Crippen LogP contribution in [0.3, 0.4) is 0 Å². The van der Waals surface area contributed by atoms with Crippen molar-refractivity contribution in [1.82, 2.24) is 14.8 Å². The van der Waals surface area contributed by atoms with Gasteiger partial charge in [0.2, 0.25) is 0 Å². The number of nitrogens with zero attached hydrogens (tertiary/aromatic N) is 2. The SMILES string of the molecule is CC[C@@]12C=C(C(=O)NCCCO)n3c4c(c5ccccc53)CCN(CCC1)[C@H]42. The lowest BCUT2D eigenvalue weighted by molar-refractivity contribution is -0.116. The van der Waals surface area contributed by atoms with E-state index >= 15 is 0 Å². The molecule has 1 amide bonds. The van der Waals surface area contributed by atoms with Gasteiger partial charge in [0.15, 0.2) is 0 Å². The number of aliphatic hydroxyl groups excluding tert-OH is 1. The molecule has 1 fully saturated rings. The van der Waals surface area contributed by atoms with E-state index in [9.17, 15) is 4.79 Å². The van der Waals surface area contributed by atoms with Gasteiger partial charge in [0, 0.05) is 36.2 Å². The van der Waals surface area contributed by atoms with Crippen LogP contribution in [0.4, 0.5) is 0 Å². The Labute approximate surface area is 166 Å². The Morgan fingerprint density at radius 1 is 1.32 bits per heavy atom. The van der Waals surface area contributed by atoms with Crippen LogP contribution in [-0.4, -0.2) is 46.7 Å². The molecule has 0 unspecified atom stereocenters. The van der Waals surface area contributed by atoms with Crippen molar-refractivity contribution in [3.05, 3.63) is 41.6 Å². The number of carbonyl (C=O) groups excluding carboxylic acids is 1. The van der Waals surface area contributed by atoms with Crippen LogP contribution in [0.5, 0.6) is 0 Å². The first-order chi connectivity index (χ1) is 13.7. The number of nitrogens with one attached hydrogen (secondary N) is 1. The first-order valence-corrected chi connectivity index (χ1v) is 10.7. The molecule has 4 heterocycles. The minimum Gasteiger partial charge on any atom is -0.396 e. The van der Waals surface area contributed by atoms with Crippen LogP contribution in [-0.2, 0) is 11.2 Å². The second kappa shape index (κ2) is 6.75. The predicted octanol–water partition coefficient (Wildman–Crippen LogP) is 3.08. The Morgan fingerprint density at radius 2 is 2.18 bits per heavy atom. The molecule has 5 nitrogen and oxygen atoms in total. The lowest BCUT2D eigenvalue weighted by Crippen LogP contribution is -2.51. The second-order valence-corrected chi connectivity index (χ2v) is 8.46. The van der Waals surface area contributed by atoms with Gasteiger partial charge in [-0.1, -0.05) is 25.1 Å². The number of carbonyl (C=O) groups is 1. The fourth-order valence-electron chi connectivity index (χ4n) is 5.82. The second-order valence-electron chi connectivity index (χ2n) is 8.46. The first-order valence-electron chi connectivity index (χ1n) is 10.7. The van der Waals surface area contributed by atoms with Crippen LogP contribution >= 0.6 is 0 Å². The Bertz CT molecular complexity index is 960. The van der Waals surface area contributed by atoms with Crippen molar-refractivity contribution in [1.29, 1.82) is 0 Å². The summed E-state index contributed by atoms with van der Waals surface area (Å²) in [5, 5.41) is 13.4. The summed E-state index contributed by atoms with van der Waals surface area (Å²) in [5.41, 5.74) is 4.74. The van der Waals surface area contributed by atoms with Gasteiger partial charge >= 0.3 is 0 Å². The predicted molar refractivity (Wildman–Crippen MR) is 111 cm³/mol. The highest BCUT2D eigenvalue weighted by Crippen LogP contribution is 2.56. The number of piperidine rings is 1. The van der Waals surface area contributed by atoms with Crippen LogP contribution in [0.15, 0.2) is 30.3 Å². The molecule has 2 atom stereocenters. The lowest BCUT2D eigenvalue weighted by Gasteiger charge is -2.53. The molecule has 3 aliphatic rings. The molecular formula is C23H29N3O2. The lowest BCUT2D eigenvalue weighted by atomic mass is 9.66. The topological polar surface area (TPSA) is 57.5 Å². The van der Waals surface area contributed by atoms with Crippen molar-refractivity contribution < 1.29 is 9.90 Å². The van der Waals surface area contributed by atoms with Crippen LogP contribution in [0.2, 0.25) is 0 Å². The summed E-state index contributed by atoms with van der Waals surface area (Å²) in [6, 6.07) is 8.91. The summed E-state index contributed by atoms with van der Waals surface area (Å²) in [5.74, 6) is -0.0222. The molecular weight excluding hydrogens is 350 g/mol. The summed E-state index contributed by atoms with van der Waals surface area (Å²) >= 11 is 0. The number of hydrogen-bond acceptors (Lipinski definition) is 3. The van der Waals surface area contributed by atoms with Gasteiger partial charge in [-0.05, 0) is 56.4 Å². The molecule has 28 heavy (non-hydrogen) atoms. The van der Waals surface area contributed by atoms with Crippen LogP contribution in [0, 0.1) is 5.41 Å². The highest BCUT2D eigenvalue weighted by atomic mass is 16.3. The maximum Gasteiger partial charge on any atom is 0.267 e. The van der Waals surface area contributed by atoms with E-state index in [1.807, 2.05) is 0 Å². The maximum atomic E-state index is 13.2. The normalized spacial score (nSPS) is 26.1. The average molecular weight is 380 g/mol. The van der Waals surface area contributed by atoms with E-state index < -0.39 is 0 Å². The molecule has 0 spiro atoms. The molecule has 0 saturated carbocycles. The van der Waals surface area contributed by atoms with Crippen LogP contribution in [0.1, 0.15) is 49.9 Å². The Morgan fingerprint density at radius 3 is 3.00 bits per heavy atom. The molecule has 1 saturated heterocycles. The molecule has 148 valence electrons. The van der Waals surface area contributed by atoms with Gasteiger partial charge < -0.3 is 15.0 Å². The van der Waals surface area contributed by atoms with E-state index in [4.69, 9.17) is 5.11 Å². The summed E-state index contributed by atoms with van der Waals surface area (Å²) in [7, 11) is 0. The van der Waals surface area contributed by atoms with E-state index in [-0.39, 0.29) is 17.9 Å². The third-order valence-corrected chi connectivity index (χ3v) is 7.10. The molecule has 3 aliphatic heterocycles. The largest absolute Gasteiger partial charge is 0.396 e. The van der Waals surface area contributed by atoms with Crippen molar-refractivity contribution in [2.75, 3.05) is 26.2 Å². The number of amides is 1. The van der Waals surface area contributed by atoms with E-state index in [1.165, 1.54) is 23.1 Å². The van der Waals surface area contributed by atoms with Gasteiger partial charge in [0.25, 0.3) is 5.91 Å². The first kappa shape index (κ1) is 18.0. The zero-order valence-corrected chi connectivity index (χ0v) is 16.6. The highest BCUT2D eigenvalue weighted by molar-refractivity contribution is 6.16. The summed E-state index contributed by atoms with van der Waals surface area (Å²) < 4.78 is 2.25. The van der Waals surface area contributed by atoms with Gasteiger partial charge in [0.1, 0.15) is 5.70 Å². The van der Waals surface area contributed by atoms with Crippen molar-refractivity contribution >= 4 is 22.5 Å². The van der Waals surface area contributed by atoms with Gasteiger partial charge in [-0.15, -0.1) is 0 Å². The maximum absolute atomic E-state index is 13.2. The fourth-order valence-corrected chi connectivity index (χ4v) is 5.82. The van der Waals surface area contributed by atoms with Gasteiger partial charge in [0.05, 0.1) is 11.6 Å². The van der Waals surface area contributed by atoms with Crippen molar-refractivity contribution in [3.63, 3.8) is 0 Å². The number of para-hydroxylation sites is 1. The zero-order valence-electron chi connectivity index (χ0n) is 16.6. The van der Waals surface area contributed by atoms with Gasteiger partial charge in [-0.2, -0.15) is 0 Å². The van der Waals surface area contributed by atoms with E-state index in [2.05, 4.69) is 52.0 Å². The molecule has 0 bridgehead atoms. The molecule has 5 rings (SSSR count). The van der Waals surface area contributed by atoms with E-state index in [0.717, 1.165) is 43.6 Å². The quantitative estimate of drug-likeness (QED) is 0.785. The monoisotopic (exact) mass is 379 g/mol. The number of fused-ring (bicyclic) bond motifs is 3. The number of benzene rings is 1. The van der Waals surface area contributed by atoms with Crippen LogP contribution in [0.25, 0.3) is 16.6 Å². The van der Waals surface area contributed by atoms with E-state index in [1.54, 1.807) is 0 Å². The third kappa shape index (κ3) is 2.42. The molecule has 5 heteroatoms. The number of rotatable bonds is 5. The van der Waals surface area contributed by atoms with Crippen molar-refractivity contribution in [3.8, 4) is 0 Å². The van der Waals surface area contributed by atoms with Crippen LogP contribution < -0.4 is 5.32 Å². The van der Waals surface area contributed by atoms with Crippen molar-refractivity contribution in [2.24, 2.45) is 5.41 Å². The third-order valence-electron chi connectivity index (χ3n) is 7.10. The molecule has 0 aliphatic carbocycles. The van der Waals surface area contributed by atoms with Gasteiger partial charge in [-0.25, -0.2) is 0 Å². The standard InChI is InChI=1S/C23H29N3O2/c1-2-23-10-5-12-25-13-9-17-16-7-3-4-8-18(16)26(20(17)21(23)25)19(15-23)22(28)24-11-6-14-27/h3-4,7-8,15,21,27H,2,5-6,9-14H2,1H3,(H,24,28)/t21-,23+/m1/s1. The Balaban J connectivity index is 1.73. The number of hydrogen-bond donors (Lipinski definition) is 2.